The molecule has 2 aromatic heterocycles. The van der Waals surface area contributed by atoms with Crippen molar-refractivity contribution in [2.45, 2.75) is 6.10 Å². The van der Waals surface area contributed by atoms with Gasteiger partial charge >= 0.3 is 0 Å². The summed E-state index contributed by atoms with van der Waals surface area (Å²) in [6.45, 7) is 1.01. The molecule has 1 aliphatic rings. The Labute approximate surface area is 149 Å². The second kappa shape index (κ2) is 6.29. The molecule has 128 valence electrons. The number of pyridine rings is 1. The number of amides is 1. The predicted octanol–water partition coefficient (Wildman–Crippen LogP) is 3.13. The molecule has 0 radical (unpaired) electrons. The maximum absolute atomic E-state index is 12.6. The van der Waals surface area contributed by atoms with Gasteiger partial charge in [-0.3, -0.25) is 4.79 Å². The van der Waals surface area contributed by atoms with E-state index >= 15 is 0 Å². The van der Waals surface area contributed by atoms with Crippen molar-refractivity contribution < 1.29 is 14.3 Å². The highest BCUT2D eigenvalue weighted by Gasteiger charge is 2.34. The minimum atomic E-state index is -0.0965. The van der Waals surface area contributed by atoms with Crippen LogP contribution in [0.3, 0.4) is 0 Å². The lowest BCUT2D eigenvalue weighted by Gasteiger charge is -2.38. The van der Waals surface area contributed by atoms with E-state index in [0.717, 1.165) is 16.7 Å². The van der Waals surface area contributed by atoms with Crippen LogP contribution in [0.2, 0.25) is 5.02 Å². The zero-order chi connectivity index (χ0) is 17.4. The van der Waals surface area contributed by atoms with Crippen molar-refractivity contribution in [3.8, 4) is 11.6 Å². The second-order valence-corrected chi connectivity index (χ2v) is 6.28. The van der Waals surface area contributed by atoms with Crippen LogP contribution in [0, 0.1) is 0 Å². The van der Waals surface area contributed by atoms with Gasteiger partial charge < -0.3 is 19.4 Å². The predicted molar refractivity (Wildman–Crippen MR) is 94.4 cm³/mol. The van der Waals surface area contributed by atoms with E-state index in [1.807, 2.05) is 24.3 Å². The molecule has 1 aliphatic heterocycles. The minimum Gasteiger partial charge on any atom is -0.497 e. The number of likely N-dealkylation sites (tertiary alicyclic amines) is 1. The monoisotopic (exact) mass is 357 g/mol. The number of aromatic amines is 1. The smallest absolute Gasteiger partial charge is 0.270 e. The molecule has 0 aliphatic carbocycles. The van der Waals surface area contributed by atoms with Crippen molar-refractivity contribution >= 4 is 28.4 Å². The van der Waals surface area contributed by atoms with Gasteiger partial charge in [-0.05, 0) is 30.3 Å². The van der Waals surface area contributed by atoms with Crippen LogP contribution in [-0.2, 0) is 0 Å². The molecule has 1 amide bonds. The van der Waals surface area contributed by atoms with Gasteiger partial charge in [-0.1, -0.05) is 11.6 Å². The molecule has 25 heavy (non-hydrogen) atoms. The van der Waals surface area contributed by atoms with E-state index in [2.05, 4.69) is 9.97 Å². The van der Waals surface area contributed by atoms with Gasteiger partial charge in [0.1, 0.15) is 22.6 Å². The number of hydrogen-bond donors (Lipinski definition) is 1. The number of ether oxygens (including phenoxy) is 2. The summed E-state index contributed by atoms with van der Waals surface area (Å²) < 4.78 is 10.9. The second-order valence-electron chi connectivity index (χ2n) is 5.88. The Morgan fingerprint density at radius 1 is 1.32 bits per heavy atom. The quantitative estimate of drug-likeness (QED) is 0.779. The van der Waals surface area contributed by atoms with Crippen LogP contribution in [0.1, 0.15) is 10.5 Å². The van der Waals surface area contributed by atoms with Gasteiger partial charge in [0, 0.05) is 23.2 Å². The van der Waals surface area contributed by atoms with E-state index in [1.54, 1.807) is 30.3 Å². The van der Waals surface area contributed by atoms with Crippen molar-refractivity contribution in [1.29, 1.82) is 0 Å². The van der Waals surface area contributed by atoms with Gasteiger partial charge in [0.05, 0.1) is 20.2 Å². The Hall–Kier alpha value is -2.73. The first-order valence-corrected chi connectivity index (χ1v) is 8.25. The number of nitrogens with zero attached hydrogens (tertiary/aromatic N) is 2. The van der Waals surface area contributed by atoms with E-state index in [1.165, 1.54) is 0 Å². The molecular formula is C18H16ClN3O3. The number of benzene rings is 1. The largest absolute Gasteiger partial charge is 0.497 e. The maximum atomic E-state index is 12.6. The molecule has 1 saturated heterocycles. The Balaban J connectivity index is 1.42. The van der Waals surface area contributed by atoms with Crippen LogP contribution in [0.5, 0.6) is 11.6 Å². The number of H-pyrrole nitrogens is 1. The summed E-state index contributed by atoms with van der Waals surface area (Å²) >= 11 is 6.03. The number of halogens is 1. The molecular weight excluding hydrogens is 342 g/mol. The topological polar surface area (TPSA) is 67.4 Å². The number of carbonyl (C=O) groups excluding carboxylic acids is 1. The van der Waals surface area contributed by atoms with Crippen LogP contribution < -0.4 is 9.47 Å². The van der Waals surface area contributed by atoms with Crippen LogP contribution in [-0.4, -0.2) is 47.1 Å². The first-order chi connectivity index (χ1) is 12.1. The minimum absolute atomic E-state index is 0.0536. The summed E-state index contributed by atoms with van der Waals surface area (Å²) in [4.78, 5) is 21.6. The van der Waals surface area contributed by atoms with Gasteiger partial charge in [-0.2, -0.15) is 0 Å². The standard InChI is InChI=1S/C18H16ClN3O3/c1-24-12-5-4-11-7-16(21-15(11)8-12)18(23)22-9-13(10-22)25-17-14(19)3-2-6-20-17/h2-8,13,21H,9-10H2,1H3. The lowest BCUT2D eigenvalue weighted by Crippen LogP contribution is -2.56. The number of aromatic nitrogens is 2. The molecule has 4 rings (SSSR count). The molecule has 6 nitrogen and oxygen atoms in total. The molecule has 7 heteroatoms. The Morgan fingerprint density at radius 3 is 2.92 bits per heavy atom. The van der Waals surface area contributed by atoms with Gasteiger partial charge in [0.2, 0.25) is 5.88 Å². The first kappa shape index (κ1) is 15.8. The lowest BCUT2D eigenvalue weighted by molar-refractivity contribution is 0.0157. The Bertz CT molecular complexity index is 934. The number of methoxy groups -OCH3 is 1. The van der Waals surface area contributed by atoms with Crippen molar-refractivity contribution in [3.63, 3.8) is 0 Å². The van der Waals surface area contributed by atoms with Gasteiger partial charge in [-0.15, -0.1) is 0 Å². The third-order valence-electron chi connectivity index (χ3n) is 4.20. The van der Waals surface area contributed by atoms with Gasteiger partial charge in [0.15, 0.2) is 0 Å². The first-order valence-electron chi connectivity index (χ1n) is 7.87. The van der Waals surface area contributed by atoms with E-state index in [9.17, 15) is 4.79 Å². The zero-order valence-corrected chi connectivity index (χ0v) is 14.3. The van der Waals surface area contributed by atoms with Crippen LogP contribution >= 0.6 is 11.6 Å². The maximum Gasteiger partial charge on any atom is 0.270 e. The van der Waals surface area contributed by atoms with Gasteiger partial charge in [-0.25, -0.2) is 4.98 Å². The normalized spacial score (nSPS) is 14.4. The summed E-state index contributed by atoms with van der Waals surface area (Å²) in [5.74, 6) is 1.10. The number of fused-ring (bicyclic) bond motifs is 1. The van der Waals surface area contributed by atoms with Crippen molar-refractivity contribution in [3.05, 3.63) is 53.3 Å². The van der Waals surface area contributed by atoms with E-state index in [0.29, 0.717) is 29.7 Å². The Morgan fingerprint density at radius 2 is 2.16 bits per heavy atom. The van der Waals surface area contributed by atoms with Crippen molar-refractivity contribution in [1.82, 2.24) is 14.9 Å². The molecule has 3 aromatic rings. The molecule has 0 unspecified atom stereocenters. The van der Waals surface area contributed by atoms with E-state index in [4.69, 9.17) is 21.1 Å². The van der Waals surface area contributed by atoms with Crippen molar-refractivity contribution in [2.24, 2.45) is 0 Å². The summed E-state index contributed by atoms with van der Waals surface area (Å²) in [6, 6.07) is 11.0. The summed E-state index contributed by atoms with van der Waals surface area (Å²) in [5, 5.41) is 1.44. The number of carbonyl (C=O) groups is 1. The molecule has 3 heterocycles. The highest BCUT2D eigenvalue weighted by molar-refractivity contribution is 6.31. The number of nitrogens with one attached hydrogen (secondary N) is 1. The highest BCUT2D eigenvalue weighted by atomic mass is 35.5. The molecule has 0 saturated carbocycles. The molecule has 0 atom stereocenters. The average Bonchev–Trinajstić information content (AvgIpc) is 3.01. The average molecular weight is 358 g/mol. The molecule has 1 N–H and O–H groups in total. The van der Waals surface area contributed by atoms with E-state index in [-0.39, 0.29) is 12.0 Å². The molecule has 1 aromatic carbocycles. The SMILES string of the molecule is COc1ccc2cc(C(=O)N3CC(Oc4ncccc4Cl)C3)[nH]c2c1. The third-order valence-corrected chi connectivity index (χ3v) is 4.49. The van der Waals surface area contributed by atoms with Gasteiger partial charge in [0.25, 0.3) is 5.91 Å². The zero-order valence-electron chi connectivity index (χ0n) is 13.5. The summed E-state index contributed by atoms with van der Waals surface area (Å²) in [6.07, 6.45) is 1.53. The van der Waals surface area contributed by atoms with E-state index < -0.39 is 0 Å². The van der Waals surface area contributed by atoms with Crippen LogP contribution in [0.4, 0.5) is 0 Å². The fraction of sp³-hybridized carbons (Fsp3) is 0.222. The summed E-state index contributed by atoms with van der Waals surface area (Å²) in [7, 11) is 1.62. The van der Waals surface area contributed by atoms with Crippen molar-refractivity contribution in [2.75, 3.05) is 20.2 Å². The fourth-order valence-electron chi connectivity index (χ4n) is 2.81. The molecule has 0 bridgehead atoms. The number of hydrogen-bond acceptors (Lipinski definition) is 4. The molecule has 0 spiro atoms. The number of rotatable bonds is 4. The molecule has 1 fully saturated rings. The van der Waals surface area contributed by atoms with Crippen LogP contribution in [0.15, 0.2) is 42.6 Å². The fourth-order valence-corrected chi connectivity index (χ4v) is 2.98. The van der Waals surface area contributed by atoms with Crippen LogP contribution in [0.25, 0.3) is 10.9 Å². The Kier molecular flexibility index (Phi) is 3.97. The lowest BCUT2D eigenvalue weighted by atomic mass is 10.1. The highest BCUT2D eigenvalue weighted by Crippen LogP contribution is 2.26. The third kappa shape index (κ3) is 3.00. The summed E-state index contributed by atoms with van der Waals surface area (Å²) in [5.41, 5.74) is 1.42.